The molecule has 5 aromatic rings. The number of halogens is 2. The third-order valence-corrected chi connectivity index (χ3v) is 6.15. The van der Waals surface area contributed by atoms with Gasteiger partial charge >= 0.3 is 0 Å². The topological polar surface area (TPSA) is 69.6 Å². The van der Waals surface area contributed by atoms with Gasteiger partial charge in [0.05, 0.1) is 21.6 Å². The van der Waals surface area contributed by atoms with Gasteiger partial charge in [-0.25, -0.2) is 4.98 Å². The average molecular weight is 577 g/mol. The molecule has 8 heteroatoms. The number of hydrogen-bond donors (Lipinski definition) is 0. The molecule has 0 unspecified atom stereocenters. The Balaban J connectivity index is 1.64. The van der Waals surface area contributed by atoms with Crippen LogP contribution in [0.1, 0.15) is 5.56 Å². The van der Waals surface area contributed by atoms with Crippen LogP contribution >= 0.6 is 31.9 Å². The molecule has 6 nitrogen and oxygen atoms in total. The third-order valence-electron chi connectivity index (χ3n) is 5.04. The molecule has 0 radical (unpaired) electrons. The fourth-order valence-electron chi connectivity index (χ4n) is 3.47. The molecule has 0 amide bonds. The number of benzene rings is 3. The molecule has 2 aromatic heterocycles. The molecule has 0 aliphatic rings. The average Bonchev–Trinajstić information content (AvgIpc) is 3.26. The monoisotopic (exact) mass is 575 g/mol. The zero-order chi connectivity index (χ0) is 23.7. The predicted molar refractivity (Wildman–Crippen MR) is 140 cm³/mol. The van der Waals surface area contributed by atoms with Crippen LogP contribution in [0.4, 0.5) is 0 Å². The van der Waals surface area contributed by atoms with Crippen molar-refractivity contribution in [1.82, 2.24) is 9.66 Å². The summed E-state index contributed by atoms with van der Waals surface area (Å²) >= 11 is 6.95. The minimum absolute atomic E-state index is 0.168. The van der Waals surface area contributed by atoms with Crippen LogP contribution in [0.5, 0.6) is 5.75 Å². The van der Waals surface area contributed by atoms with Crippen LogP contribution in [0.3, 0.4) is 0 Å². The van der Waals surface area contributed by atoms with Gasteiger partial charge in [-0.05, 0) is 76.1 Å². The molecule has 3 aromatic carbocycles. The van der Waals surface area contributed by atoms with Crippen molar-refractivity contribution < 1.29 is 9.15 Å². The minimum atomic E-state index is -0.300. The number of rotatable bonds is 5. The fraction of sp³-hybridized carbons (Fsp3) is 0.0385. The molecule has 0 aliphatic heterocycles. The quantitative estimate of drug-likeness (QED) is 0.184. The highest BCUT2D eigenvalue weighted by Gasteiger charge is 2.16. The second-order valence-corrected chi connectivity index (χ2v) is 9.06. The van der Waals surface area contributed by atoms with Gasteiger partial charge in [0.2, 0.25) is 5.82 Å². The number of ether oxygens (including phenoxy) is 1. The molecule has 0 fully saturated rings. The van der Waals surface area contributed by atoms with Gasteiger partial charge in [-0.15, -0.1) is 6.42 Å². The van der Waals surface area contributed by atoms with Gasteiger partial charge in [-0.3, -0.25) is 4.79 Å². The van der Waals surface area contributed by atoms with Crippen LogP contribution in [0.2, 0.25) is 0 Å². The number of nitrogens with zero attached hydrogens (tertiary/aromatic N) is 3. The lowest BCUT2D eigenvalue weighted by atomic mass is 10.2. The molecule has 34 heavy (non-hydrogen) atoms. The van der Waals surface area contributed by atoms with Crippen LogP contribution in [0.15, 0.2) is 90.0 Å². The Morgan fingerprint density at radius 2 is 1.97 bits per heavy atom. The van der Waals surface area contributed by atoms with Gasteiger partial charge in [0.25, 0.3) is 5.56 Å². The molecule has 2 heterocycles. The normalized spacial score (nSPS) is 11.3. The molecule has 5 rings (SSSR count). The number of furan rings is 1. The van der Waals surface area contributed by atoms with Crippen molar-refractivity contribution >= 4 is 59.9 Å². The zero-order valence-corrected chi connectivity index (χ0v) is 20.7. The largest absolute Gasteiger partial charge is 0.480 e. The summed E-state index contributed by atoms with van der Waals surface area (Å²) in [5.74, 6) is 3.80. The number of terminal acetylenes is 1. The van der Waals surface area contributed by atoms with E-state index in [4.69, 9.17) is 20.6 Å². The lowest BCUT2D eigenvalue weighted by molar-refractivity contribution is 0.368. The van der Waals surface area contributed by atoms with Crippen molar-refractivity contribution in [2.45, 2.75) is 0 Å². The molecule has 0 N–H and O–H groups in total. The lowest BCUT2D eigenvalue weighted by Gasteiger charge is -2.08. The highest BCUT2D eigenvalue weighted by atomic mass is 79.9. The summed E-state index contributed by atoms with van der Waals surface area (Å²) in [4.78, 5) is 18.1. The van der Waals surface area contributed by atoms with Gasteiger partial charge in [-0.2, -0.15) is 9.78 Å². The smallest absolute Gasteiger partial charge is 0.282 e. The number of hydrogen-bond acceptors (Lipinski definition) is 5. The van der Waals surface area contributed by atoms with E-state index in [1.165, 1.54) is 4.68 Å². The second-order valence-electron chi connectivity index (χ2n) is 7.29. The summed E-state index contributed by atoms with van der Waals surface area (Å²) in [5.41, 5.74) is 1.70. The maximum Gasteiger partial charge on any atom is 0.282 e. The third kappa shape index (κ3) is 4.28. The minimum Gasteiger partial charge on any atom is -0.480 e. The molecule has 0 aliphatic carbocycles. The second kappa shape index (κ2) is 9.29. The standard InChI is InChI=1S/C26H15Br2N3O3/c1-2-11-33-23-9-7-16(12-20(23)28)15-29-31-25(30-21-6-4-3-5-19(21)26(31)32)24-14-17-13-18(27)8-10-22(17)34-24/h1,3-10,12-15H,11H2. The van der Waals surface area contributed by atoms with E-state index in [1.54, 1.807) is 30.5 Å². The summed E-state index contributed by atoms with van der Waals surface area (Å²) in [6, 6.07) is 20.1. The first-order valence-corrected chi connectivity index (χ1v) is 11.7. The van der Waals surface area contributed by atoms with Gasteiger partial charge in [0, 0.05) is 9.86 Å². The highest BCUT2D eigenvalue weighted by Crippen LogP contribution is 2.29. The van der Waals surface area contributed by atoms with Gasteiger partial charge < -0.3 is 9.15 Å². The summed E-state index contributed by atoms with van der Waals surface area (Å²) in [7, 11) is 0. The van der Waals surface area contributed by atoms with Crippen LogP contribution in [-0.2, 0) is 0 Å². The van der Waals surface area contributed by atoms with Crippen LogP contribution < -0.4 is 10.3 Å². The molecule has 0 bridgehead atoms. The molecular weight excluding hydrogens is 562 g/mol. The van der Waals surface area contributed by atoms with Crippen molar-refractivity contribution in [2.75, 3.05) is 6.61 Å². The highest BCUT2D eigenvalue weighted by molar-refractivity contribution is 9.10. The van der Waals surface area contributed by atoms with Crippen molar-refractivity contribution in [3.05, 3.63) is 91.6 Å². The number of para-hydroxylation sites is 1. The predicted octanol–water partition coefficient (Wildman–Crippen LogP) is 6.23. The number of aromatic nitrogens is 2. The zero-order valence-electron chi connectivity index (χ0n) is 17.5. The fourth-order valence-corrected chi connectivity index (χ4v) is 4.36. The van der Waals surface area contributed by atoms with Gasteiger partial charge in [0.15, 0.2) is 5.76 Å². The maximum atomic E-state index is 13.4. The first kappa shape index (κ1) is 22.1. The van der Waals surface area contributed by atoms with Gasteiger partial charge in [-0.1, -0.05) is 34.0 Å². The summed E-state index contributed by atoms with van der Waals surface area (Å²) in [5, 5.41) is 5.82. The Kier molecular flexibility index (Phi) is 6.05. The Hall–Kier alpha value is -3.67. The van der Waals surface area contributed by atoms with E-state index >= 15 is 0 Å². The van der Waals surface area contributed by atoms with Gasteiger partial charge in [0.1, 0.15) is 17.9 Å². The van der Waals surface area contributed by atoms with E-state index in [2.05, 4.69) is 42.9 Å². The van der Waals surface area contributed by atoms with Crippen molar-refractivity contribution in [1.29, 1.82) is 0 Å². The van der Waals surface area contributed by atoms with E-state index in [9.17, 15) is 4.79 Å². The first-order valence-electron chi connectivity index (χ1n) is 10.1. The Bertz CT molecular complexity index is 1680. The summed E-state index contributed by atoms with van der Waals surface area (Å²) in [6.45, 7) is 0.168. The summed E-state index contributed by atoms with van der Waals surface area (Å²) < 4.78 is 14.4. The van der Waals surface area contributed by atoms with E-state index in [1.807, 2.05) is 42.5 Å². The van der Waals surface area contributed by atoms with Crippen LogP contribution in [0.25, 0.3) is 33.5 Å². The first-order chi connectivity index (χ1) is 16.5. The van der Waals surface area contributed by atoms with Crippen molar-refractivity contribution in [3.63, 3.8) is 0 Å². The molecular formula is C26H15Br2N3O3. The Morgan fingerprint density at radius 3 is 2.79 bits per heavy atom. The van der Waals surface area contributed by atoms with Crippen molar-refractivity contribution in [3.8, 4) is 29.7 Å². The van der Waals surface area contributed by atoms with Crippen molar-refractivity contribution in [2.24, 2.45) is 5.10 Å². The van der Waals surface area contributed by atoms with E-state index in [0.29, 0.717) is 33.8 Å². The molecule has 0 saturated heterocycles. The van der Waals surface area contributed by atoms with E-state index in [0.717, 1.165) is 19.9 Å². The number of fused-ring (bicyclic) bond motifs is 2. The van der Waals surface area contributed by atoms with Crippen LogP contribution in [0, 0.1) is 12.3 Å². The Morgan fingerprint density at radius 1 is 1.12 bits per heavy atom. The van der Waals surface area contributed by atoms with E-state index in [-0.39, 0.29) is 12.2 Å². The Labute approximate surface area is 211 Å². The summed E-state index contributed by atoms with van der Waals surface area (Å²) in [6.07, 6.45) is 6.84. The van der Waals surface area contributed by atoms with E-state index < -0.39 is 0 Å². The molecule has 0 atom stereocenters. The molecule has 166 valence electrons. The maximum absolute atomic E-state index is 13.4. The molecule has 0 spiro atoms. The van der Waals surface area contributed by atoms with Crippen LogP contribution in [-0.4, -0.2) is 22.5 Å². The SMILES string of the molecule is C#CCOc1ccc(C=Nn2c(-c3cc4cc(Br)ccc4o3)nc3ccccc3c2=O)cc1Br. The lowest BCUT2D eigenvalue weighted by Crippen LogP contribution is -2.20. The molecule has 0 saturated carbocycles.